The largest absolute Gasteiger partial charge is 1.00 e. The molecule has 0 fully saturated rings. The minimum Gasteiger partial charge on any atom is -1.00 e. The van der Waals surface area contributed by atoms with Gasteiger partial charge in [-0.15, -0.1) is 0 Å². The summed E-state index contributed by atoms with van der Waals surface area (Å²) in [5.41, 5.74) is 0. The van der Waals surface area contributed by atoms with E-state index < -0.39 is 68.1 Å². The predicted octanol–water partition coefficient (Wildman–Crippen LogP) is 6.88. The van der Waals surface area contributed by atoms with E-state index in [1.54, 1.807) is 27.7 Å². The zero-order valence-corrected chi connectivity index (χ0v) is 24.0. The molecule has 20 heteroatoms. The van der Waals surface area contributed by atoms with E-state index in [9.17, 15) is 74.6 Å². The summed E-state index contributed by atoms with van der Waals surface area (Å²) < 4.78 is 230. The number of rotatable bonds is 17. The van der Waals surface area contributed by atoms with Crippen LogP contribution in [0.2, 0.25) is 0 Å². The van der Waals surface area contributed by atoms with Gasteiger partial charge in [-0.25, -0.2) is 0 Å². The number of allylic oxidation sites excluding steroid dienone is 1. The van der Waals surface area contributed by atoms with Crippen LogP contribution in [-0.2, 0) is 4.74 Å². The first kappa shape index (κ1) is 43.4. The average molecular weight is 699 g/mol. The molecule has 0 aliphatic heterocycles. The van der Waals surface area contributed by atoms with Crippen molar-refractivity contribution in [3.63, 3.8) is 0 Å². The lowest BCUT2D eigenvalue weighted by molar-refractivity contribution is -0.477. The fourth-order valence-corrected chi connectivity index (χ4v) is 9.60. The standard InChI is InChI=1S/C22H29F17OP.ClH/c1-6-9-41(11-13(2)3,12-14(4)5)10-7-8-40-22(38,39)20(33,34)18(29,30)16(25,26)15(23,24)17(27,28)19(31,32)21(35,36)37;/h6,13-14H,1,7-12H2,2-5H3;1H/q+1;/p-1. The van der Waals surface area contributed by atoms with Crippen LogP contribution in [0.3, 0.4) is 0 Å². The van der Waals surface area contributed by atoms with Gasteiger partial charge >= 0.3 is 47.8 Å². The van der Waals surface area contributed by atoms with Gasteiger partial charge in [0.1, 0.15) is 0 Å². The quantitative estimate of drug-likeness (QED) is 0.0697. The van der Waals surface area contributed by atoms with Gasteiger partial charge in [-0.1, -0.05) is 40.3 Å². The summed E-state index contributed by atoms with van der Waals surface area (Å²) in [6.07, 6.45) is -12.3. The van der Waals surface area contributed by atoms with Gasteiger partial charge in [0.25, 0.3) is 0 Å². The maximum absolute atomic E-state index is 14.0. The van der Waals surface area contributed by atoms with Gasteiger partial charge in [-0.05, 0) is 11.8 Å². The average Bonchev–Trinajstić information content (AvgIpc) is 2.74. The highest BCUT2D eigenvalue weighted by Crippen LogP contribution is 2.64. The van der Waals surface area contributed by atoms with Crippen LogP contribution < -0.4 is 12.4 Å². The molecule has 0 N–H and O–H groups in total. The molecule has 0 heterocycles. The molecule has 0 saturated heterocycles. The summed E-state index contributed by atoms with van der Waals surface area (Å²) in [5, 5.41) is 0. The van der Waals surface area contributed by atoms with Crippen molar-refractivity contribution < 1.29 is 91.8 Å². The van der Waals surface area contributed by atoms with Gasteiger partial charge in [0.15, 0.2) is 0 Å². The first-order valence-electron chi connectivity index (χ1n) is 11.7. The van der Waals surface area contributed by atoms with Gasteiger partial charge in [0, 0.05) is 13.7 Å². The minimum absolute atomic E-state index is 0. The summed E-state index contributed by atoms with van der Waals surface area (Å²) in [7, 11) is -2.10. The van der Waals surface area contributed by atoms with Crippen LogP contribution in [-0.4, -0.2) is 79.1 Å². The fourth-order valence-electron chi connectivity index (χ4n) is 4.16. The van der Waals surface area contributed by atoms with Gasteiger partial charge in [0.05, 0.1) is 31.3 Å². The van der Waals surface area contributed by atoms with Gasteiger partial charge in [-0.2, -0.15) is 74.6 Å². The molecule has 0 aromatic carbocycles. The second kappa shape index (κ2) is 13.7. The molecule has 0 bridgehead atoms. The molecule has 0 radical (unpaired) electrons. The molecule has 0 aromatic heterocycles. The van der Waals surface area contributed by atoms with Crippen LogP contribution in [0.25, 0.3) is 0 Å². The Morgan fingerprint density at radius 1 is 0.595 bits per heavy atom. The highest BCUT2D eigenvalue weighted by atomic mass is 35.5. The first-order chi connectivity index (χ1) is 17.9. The molecule has 0 saturated carbocycles. The third-order valence-electron chi connectivity index (χ3n) is 5.77. The summed E-state index contributed by atoms with van der Waals surface area (Å²) in [6, 6.07) is 0. The maximum atomic E-state index is 14.0. The van der Waals surface area contributed by atoms with Crippen LogP contribution >= 0.6 is 7.26 Å². The Bertz CT molecular complexity index is 861. The van der Waals surface area contributed by atoms with Crippen LogP contribution in [0.1, 0.15) is 34.1 Å². The minimum atomic E-state index is -8.65. The molecule has 1 nitrogen and oxygen atoms in total. The van der Waals surface area contributed by atoms with Crippen molar-refractivity contribution in [3.8, 4) is 0 Å². The molecule has 0 aliphatic carbocycles. The molecule has 42 heavy (non-hydrogen) atoms. The van der Waals surface area contributed by atoms with Crippen LogP contribution in [0.4, 0.5) is 74.6 Å². The Morgan fingerprint density at radius 2 is 0.929 bits per heavy atom. The van der Waals surface area contributed by atoms with Gasteiger partial charge in [-0.3, -0.25) is 0 Å². The highest BCUT2D eigenvalue weighted by Gasteiger charge is 2.95. The van der Waals surface area contributed by atoms with Crippen molar-refractivity contribution in [1.82, 2.24) is 0 Å². The lowest BCUT2D eigenvalue weighted by Crippen LogP contribution is -3.00. The van der Waals surface area contributed by atoms with Crippen molar-refractivity contribution in [1.29, 1.82) is 0 Å². The lowest BCUT2D eigenvalue weighted by atomic mass is 9.90. The van der Waals surface area contributed by atoms with E-state index >= 15 is 0 Å². The predicted molar refractivity (Wildman–Crippen MR) is 118 cm³/mol. The Balaban J connectivity index is 0. The Hall–Kier alpha value is -0.770. The number of hydrogen-bond donors (Lipinski definition) is 0. The van der Waals surface area contributed by atoms with Crippen molar-refractivity contribution >= 4 is 7.26 Å². The lowest BCUT2D eigenvalue weighted by Gasteiger charge is -2.42. The third kappa shape index (κ3) is 7.89. The van der Waals surface area contributed by atoms with Gasteiger partial charge in [0.2, 0.25) is 0 Å². The second-order valence-corrected chi connectivity index (χ2v) is 14.6. The smallest absolute Gasteiger partial charge is 0.460 e. The number of halogens is 18. The summed E-state index contributed by atoms with van der Waals surface area (Å²) in [4.78, 5) is 0. The Labute approximate surface area is 237 Å². The van der Waals surface area contributed by atoms with E-state index in [0.29, 0.717) is 18.5 Å². The molecule has 0 amide bonds. The van der Waals surface area contributed by atoms with Crippen LogP contribution in [0, 0.1) is 11.8 Å². The fraction of sp³-hybridized carbons (Fsp3) is 0.909. The van der Waals surface area contributed by atoms with Crippen molar-refractivity contribution in [2.24, 2.45) is 11.8 Å². The Kier molecular flexibility index (Phi) is 14.1. The molecule has 0 unspecified atom stereocenters. The summed E-state index contributed by atoms with van der Waals surface area (Å²) >= 11 is 0. The zero-order chi connectivity index (χ0) is 33.3. The van der Waals surface area contributed by atoms with E-state index in [4.69, 9.17) is 0 Å². The number of ether oxygens (including phenoxy) is 1. The monoisotopic (exact) mass is 698 g/mol. The summed E-state index contributed by atoms with van der Waals surface area (Å²) in [6.45, 7) is 9.21. The highest BCUT2D eigenvalue weighted by molar-refractivity contribution is 7.76. The molecule has 254 valence electrons. The Morgan fingerprint density at radius 3 is 1.24 bits per heavy atom. The summed E-state index contributed by atoms with van der Waals surface area (Å²) in [5.74, 6) is -50.0. The third-order valence-corrected chi connectivity index (χ3v) is 11.1. The van der Waals surface area contributed by atoms with Crippen molar-refractivity contribution in [2.45, 2.75) is 81.9 Å². The van der Waals surface area contributed by atoms with E-state index in [-0.39, 0.29) is 30.4 Å². The molecule has 0 atom stereocenters. The molecular weight excluding hydrogens is 670 g/mol. The van der Waals surface area contributed by atoms with Crippen molar-refractivity contribution in [2.75, 3.05) is 31.3 Å². The van der Waals surface area contributed by atoms with Crippen molar-refractivity contribution in [3.05, 3.63) is 12.7 Å². The van der Waals surface area contributed by atoms with Crippen LogP contribution in [0.15, 0.2) is 12.7 Å². The molecule has 0 rings (SSSR count). The van der Waals surface area contributed by atoms with E-state index in [1.807, 2.05) is 0 Å². The first-order valence-corrected chi connectivity index (χ1v) is 14.2. The normalized spacial score (nSPS) is 15.3. The topological polar surface area (TPSA) is 9.23 Å². The number of hydrogen-bond acceptors (Lipinski definition) is 1. The van der Waals surface area contributed by atoms with E-state index in [1.165, 1.54) is 6.08 Å². The number of alkyl halides is 17. The second-order valence-electron chi connectivity index (χ2n) is 10.4. The molecule has 0 aliphatic rings. The molecule has 0 aromatic rings. The maximum Gasteiger partial charge on any atom is 0.460 e. The van der Waals surface area contributed by atoms with E-state index in [2.05, 4.69) is 11.3 Å². The molecule has 0 spiro atoms. The van der Waals surface area contributed by atoms with E-state index in [0.717, 1.165) is 0 Å². The zero-order valence-electron chi connectivity index (χ0n) is 22.3. The molecular formula is C22H29ClF17OP. The SMILES string of the molecule is C=CC[P+](CCCOC(F)(F)C(F)(F)C(F)(F)C(F)(F)C(F)(F)C(F)(F)C(F)(F)C(F)(F)F)(CC(C)C)CC(C)C.[Cl-]. The van der Waals surface area contributed by atoms with Crippen LogP contribution in [0.5, 0.6) is 0 Å². The van der Waals surface area contributed by atoms with Gasteiger partial charge < -0.3 is 17.1 Å².